The van der Waals surface area contributed by atoms with Crippen molar-refractivity contribution < 1.29 is 4.79 Å². The van der Waals surface area contributed by atoms with E-state index in [4.69, 9.17) is 0 Å². The molecular weight excluding hydrogens is 392 g/mol. The Labute approximate surface area is 183 Å². The molecule has 0 N–H and O–H groups in total. The van der Waals surface area contributed by atoms with E-state index in [0.717, 1.165) is 22.1 Å². The van der Waals surface area contributed by atoms with Crippen LogP contribution in [-0.4, -0.2) is 37.9 Å². The number of thioether (sulfide) groups is 1. The van der Waals surface area contributed by atoms with Crippen LogP contribution in [0.2, 0.25) is 0 Å². The van der Waals surface area contributed by atoms with Crippen LogP contribution in [0, 0.1) is 0 Å². The van der Waals surface area contributed by atoms with Gasteiger partial charge in [0.1, 0.15) is 0 Å². The molecule has 6 heteroatoms. The minimum absolute atomic E-state index is 0.0722. The lowest BCUT2D eigenvalue weighted by molar-refractivity contribution is -0.129. The minimum atomic E-state index is -0.252. The maximum absolute atomic E-state index is 12.8. The van der Waals surface area contributed by atoms with Crippen molar-refractivity contribution >= 4 is 17.7 Å². The van der Waals surface area contributed by atoms with E-state index in [9.17, 15) is 4.79 Å². The Morgan fingerprint density at radius 3 is 2.30 bits per heavy atom. The van der Waals surface area contributed by atoms with Gasteiger partial charge in [0, 0.05) is 26.2 Å². The fraction of sp³-hybridized carbons (Fsp3) is 0.375. The fourth-order valence-corrected chi connectivity index (χ4v) is 4.17. The van der Waals surface area contributed by atoms with Crippen LogP contribution in [0.1, 0.15) is 38.8 Å². The van der Waals surface area contributed by atoms with Gasteiger partial charge in [0.2, 0.25) is 5.91 Å². The highest BCUT2D eigenvalue weighted by Crippen LogP contribution is 2.28. The van der Waals surface area contributed by atoms with Crippen LogP contribution in [0.25, 0.3) is 11.4 Å². The zero-order valence-electron chi connectivity index (χ0n) is 18.6. The van der Waals surface area contributed by atoms with Crippen molar-refractivity contribution in [3.8, 4) is 11.4 Å². The maximum atomic E-state index is 12.8. The molecule has 158 valence electrons. The Morgan fingerprint density at radius 2 is 1.70 bits per heavy atom. The van der Waals surface area contributed by atoms with Gasteiger partial charge in [-0.1, -0.05) is 87.1 Å². The summed E-state index contributed by atoms with van der Waals surface area (Å²) in [6.07, 6.45) is 0. The number of nitrogens with zero attached hydrogens (tertiary/aromatic N) is 4. The Bertz CT molecular complexity index is 990. The first-order valence-electron chi connectivity index (χ1n) is 10.1. The molecule has 0 bridgehead atoms. The molecule has 5 nitrogen and oxygen atoms in total. The van der Waals surface area contributed by atoms with Crippen molar-refractivity contribution in [2.24, 2.45) is 7.05 Å². The summed E-state index contributed by atoms with van der Waals surface area (Å²) in [6, 6.07) is 18.5. The molecule has 1 atom stereocenters. The normalized spacial score (nSPS) is 12.6. The Hall–Kier alpha value is -2.60. The Morgan fingerprint density at radius 1 is 1.07 bits per heavy atom. The molecule has 30 heavy (non-hydrogen) atoms. The van der Waals surface area contributed by atoms with Gasteiger partial charge in [-0.05, 0) is 23.5 Å². The molecule has 1 heterocycles. The fourth-order valence-electron chi connectivity index (χ4n) is 3.24. The zero-order valence-corrected chi connectivity index (χ0v) is 19.4. The number of carbonyl (C=O) groups excluding carboxylic acids is 1. The molecule has 0 saturated carbocycles. The second-order valence-electron chi connectivity index (χ2n) is 8.63. The minimum Gasteiger partial charge on any atom is -0.340 e. The first-order chi connectivity index (χ1) is 14.2. The molecular formula is C24H30N4OS. The van der Waals surface area contributed by atoms with Crippen molar-refractivity contribution in [1.29, 1.82) is 0 Å². The molecule has 0 aliphatic rings. The lowest BCUT2D eigenvalue weighted by Gasteiger charge is -2.21. The van der Waals surface area contributed by atoms with Crippen LogP contribution < -0.4 is 0 Å². The number of rotatable bonds is 6. The van der Waals surface area contributed by atoms with E-state index in [1.807, 2.05) is 55.9 Å². The molecule has 0 spiro atoms. The van der Waals surface area contributed by atoms with Crippen LogP contribution in [0.15, 0.2) is 59.8 Å². The average molecular weight is 423 g/mol. The first kappa shape index (κ1) is 22.1. The summed E-state index contributed by atoms with van der Waals surface area (Å²) in [5.41, 5.74) is 3.53. The summed E-state index contributed by atoms with van der Waals surface area (Å²) in [4.78, 5) is 14.6. The summed E-state index contributed by atoms with van der Waals surface area (Å²) in [7, 11) is 3.78. The standard InChI is InChI=1S/C24H30N4OS/c1-17(22(29)27(5)16-18-10-8-7-9-11-18)30-23-26-25-21(28(23)6)19-12-14-20(15-13-19)24(2,3)4/h7-15,17H,16H2,1-6H3/t17-/m0/s1. The molecule has 0 saturated heterocycles. The third-order valence-corrected chi connectivity index (χ3v) is 6.23. The van der Waals surface area contributed by atoms with E-state index in [1.54, 1.807) is 4.90 Å². The van der Waals surface area contributed by atoms with Crippen LogP contribution in [0.3, 0.4) is 0 Å². The summed E-state index contributed by atoms with van der Waals surface area (Å²) in [5, 5.41) is 9.19. The predicted octanol–water partition coefficient (Wildman–Crippen LogP) is 4.92. The third-order valence-electron chi connectivity index (χ3n) is 5.11. The zero-order chi connectivity index (χ0) is 21.9. The number of carbonyl (C=O) groups is 1. The molecule has 1 aromatic heterocycles. The summed E-state index contributed by atoms with van der Waals surface area (Å²) < 4.78 is 1.96. The van der Waals surface area contributed by atoms with Crippen LogP contribution in [-0.2, 0) is 23.8 Å². The maximum Gasteiger partial charge on any atom is 0.235 e. The van der Waals surface area contributed by atoms with Gasteiger partial charge in [0.05, 0.1) is 5.25 Å². The number of hydrogen-bond donors (Lipinski definition) is 0. The van der Waals surface area contributed by atoms with E-state index in [0.29, 0.717) is 6.54 Å². The molecule has 0 aliphatic heterocycles. The lowest BCUT2D eigenvalue weighted by atomic mass is 9.87. The van der Waals surface area contributed by atoms with Gasteiger partial charge in [-0.2, -0.15) is 0 Å². The SMILES string of the molecule is C[C@H](Sc1nnc(-c2ccc(C(C)(C)C)cc2)n1C)C(=O)N(C)Cc1ccccc1. The number of benzene rings is 2. The van der Waals surface area contributed by atoms with E-state index >= 15 is 0 Å². The van der Waals surface area contributed by atoms with Crippen LogP contribution in [0.4, 0.5) is 0 Å². The van der Waals surface area contributed by atoms with Gasteiger partial charge in [-0.3, -0.25) is 4.79 Å². The number of amides is 1. The van der Waals surface area contributed by atoms with E-state index in [2.05, 4.69) is 55.2 Å². The van der Waals surface area contributed by atoms with Crippen molar-refractivity contribution in [2.45, 2.75) is 50.1 Å². The topological polar surface area (TPSA) is 51.0 Å². The van der Waals surface area contributed by atoms with Gasteiger partial charge in [-0.15, -0.1) is 10.2 Å². The van der Waals surface area contributed by atoms with E-state index in [-0.39, 0.29) is 16.6 Å². The highest BCUT2D eigenvalue weighted by atomic mass is 32.2. The molecule has 2 aromatic carbocycles. The van der Waals surface area contributed by atoms with Gasteiger partial charge in [0.15, 0.2) is 11.0 Å². The predicted molar refractivity (Wildman–Crippen MR) is 123 cm³/mol. The van der Waals surface area contributed by atoms with Gasteiger partial charge in [-0.25, -0.2) is 0 Å². The Balaban J connectivity index is 1.69. The highest BCUT2D eigenvalue weighted by Gasteiger charge is 2.22. The monoisotopic (exact) mass is 422 g/mol. The van der Waals surface area contributed by atoms with Gasteiger partial charge < -0.3 is 9.47 Å². The van der Waals surface area contributed by atoms with Crippen molar-refractivity contribution in [3.63, 3.8) is 0 Å². The second-order valence-corrected chi connectivity index (χ2v) is 9.94. The lowest BCUT2D eigenvalue weighted by Crippen LogP contribution is -2.32. The molecule has 1 amide bonds. The second kappa shape index (κ2) is 9.04. The molecule has 0 radical (unpaired) electrons. The molecule has 3 aromatic rings. The largest absolute Gasteiger partial charge is 0.340 e. The number of aromatic nitrogens is 3. The van der Waals surface area contributed by atoms with Crippen LogP contribution >= 0.6 is 11.8 Å². The summed E-state index contributed by atoms with van der Waals surface area (Å²) in [6.45, 7) is 9.11. The van der Waals surface area contributed by atoms with E-state index < -0.39 is 0 Å². The quantitative estimate of drug-likeness (QED) is 0.529. The van der Waals surface area contributed by atoms with Crippen molar-refractivity contribution in [1.82, 2.24) is 19.7 Å². The average Bonchev–Trinajstić information content (AvgIpc) is 3.07. The Kier molecular flexibility index (Phi) is 6.66. The smallest absolute Gasteiger partial charge is 0.235 e. The van der Waals surface area contributed by atoms with Crippen molar-refractivity contribution in [2.75, 3.05) is 7.05 Å². The first-order valence-corrected chi connectivity index (χ1v) is 11.0. The third kappa shape index (κ3) is 5.11. The van der Waals surface area contributed by atoms with E-state index in [1.165, 1.54) is 17.3 Å². The molecule has 0 fully saturated rings. The molecule has 3 rings (SSSR count). The summed E-state index contributed by atoms with van der Waals surface area (Å²) >= 11 is 1.44. The molecule has 0 unspecified atom stereocenters. The summed E-state index contributed by atoms with van der Waals surface area (Å²) in [5.74, 6) is 0.873. The van der Waals surface area contributed by atoms with Gasteiger partial charge in [0.25, 0.3) is 0 Å². The number of hydrogen-bond acceptors (Lipinski definition) is 4. The molecule has 0 aliphatic carbocycles. The highest BCUT2D eigenvalue weighted by molar-refractivity contribution is 8.00. The van der Waals surface area contributed by atoms with Crippen molar-refractivity contribution in [3.05, 3.63) is 65.7 Å². The van der Waals surface area contributed by atoms with Crippen LogP contribution in [0.5, 0.6) is 0 Å². The van der Waals surface area contributed by atoms with Gasteiger partial charge >= 0.3 is 0 Å².